The lowest BCUT2D eigenvalue weighted by atomic mass is 9.98. The zero-order valence-corrected chi connectivity index (χ0v) is 17.5. The predicted octanol–water partition coefficient (Wildman–Crippen LogP) is 3.65. The van der Waals surface area contributed by atoms with Crippen molar-refractivity contribution in [1.82, 2.24) is 14.5 Å². The van der Waals surface area contributed by atoms with E-state index in [4.69, 9.17) is 4.74 Å². The van der Waals surface area contributed by atoms with Crippen molar-refractivity contribution in [2.24, 2.45) is 5.92 Å². The Balaban J connectivity index is 1.74. The Morgan fingerprint density at radius 1 is 1.38 bits per heavy atom. The highest BCUT2D eigenvalue weighted by molar-refractivity contribution is 14.1. The van der Waals surface area contributed by atoms with Gasteiger partial charge in [0.25, 0.3) is 5.56 Å². The number of nitrogens with zero attached hydrogens (tertiary/aromatic N) is 3. The van der Waals surface area contributed by atoms with Crippen LogP contribution < -0.4 is 5.56 Å². The van der Waals surface area contributed by atoms with Crippen molar-refractivity contribution < 1.29 is 9.53 Å². The van der Waals surface area contributed by atoms with Gasteiger partial charge in [-0.15, -0.1) is 0 Å². The molecule has 6 nitrogen and oxygen atoms in total. The van der Waals surface area contributed by atoms with Gasteiger partial charge in [-0.25, -0.2) is 9.78 Å². The molecule has 0 bridgehead atoms. The summed E-state index contributed by atoms with van der Waals surface area (Å²) in [5, 5.41) is 0.638. The molecule has 0 aliphatic carbocycles. The van der Waals surface area contributed by atoms with Gasteiger partial charge in [0, 0.05) is 23.2 Å². The number of aromatic nitrogens is 2. The maximum atomic E-state index is 12.8. The number of rotatable bonds is 2. The fourth-order valence-electron chi connectivity index (χ4n) is 3.25. The number of fused-ring (bicyclic) bond motifs is 1. The molecule has 0 N–H and O–H groups in total. The molecule has 26 heavy (non-hydrogen) atoms. The number of halogens is 1. The summed E-state index contributed by atoms with van der Waals surface area (Å²) in [5.41, 5.74) is 0.189. The first-order chi connectivity index (χ1) is 12.2. The van der Waals surface area contributed by atoms with Crippen LogP contribution in [0.1, 0.15) is 33.6 Å². The fourth-order valence-corrected chi connectivity index (χ4v) is 3.74. The van der Waals surface area contributed by atoms with E-state index in [1.54, 1.807) is 15.8 Å². The fraction of sp³-hybridized carbons (Fsp3) is 0.526. The van der Waals surface area contributed by atoms with Crippen LogP contribution >= 0.6 is 22.6 Å². The second-order valence-corrected chi connectivity index (χ2v) is 9.04. The van der Waals surface area contributed by atoms with Crippen molar-refractivity contribution in [3.05, 3.63) is 38.5 Å². The molecule has 1 fully saturated rings. The standard InChI is InChI=1S/C19H24IN3O3/c1-19(2,3)26-18(25)22-8-4-5-13(10-22)11-23-12-21-16-7-6-14(20)9-15(16)17(23)24/h6-7,9,12-13H,4-5,8,10-11H2,1-3H3/t13-/m0/s1. The summed E-state index contributed by atoms with van der Waals surface area (Å²) in [4.78, 5) is 31.2. The van der Waals surface area contributed by atoms with Gasteiger partial charge < -0.3 is 9.64 Å². The Hall–Kier alpha value is -1.64. The Bertz CT molecular complexity index is 872. The number of carbonyl (C=O) groups excluding carboxylic acids is 1. The van der Waals surface area contributed by atoms with Crippen LogP contribution in [0.15, 0.2) is 29.3 Å². The van der Waals surface area contributed by atoms with Gasteiger partial charge in [-0.3, -0.25) is 9.36 Å². The van der Waals surface area contributed by atoms with Gasteiger partial charge in [0.1, 0.15) is 5.60 Å². The van der Waals surface area contributed by atoms with Gasteiger partial charge in [0.2, 0.25) is 0 Å². The highest BCUT2D eigenvalue weighted by atomic mass is 127. The lowest BCUT2D eigenvalue weighted by molar-refractivity contribution is 0.0156. The van der Waals surface area contributed by atoms with Crippen LogP contribution in [-0.2, 0) is 11.3 Å². The topological polar surface area (TPSA) is 64.4 Å². The smallest absolute Gasteiger partial charge is 0.410 e. The third kappa shape index (κ3) is 4.55. The van der Waals surface area contributed by atoms with Gasteiger partial charge in [0.15, 0.2) is 0 Å². The normalized spacial score (nSPS) is 18.2. The Kier molecular flexibility index (Phi) is 5.55. The van der Waals surface area contributed by atoms with Crippen molar-refractivity contribution in [3.8, 4) is 0 Å². The largest absolute Gasteiger partial charge is 0.444 e. The van der Waals surface area contributed by atoms with Gasteiger partial charge in [-0.1, -0.05) is 0 Å². The summed E-state index contributed by atoms with van der Waals surface area (Å²) in [7, 11) is 0. The molecule has 0 saturated carbocycles. The van der Waals surface area contributed by atoms with E-state index >= 15 is 0 Å². The number of benzene rings is 1. The molecule has 140 valence electrons. The Morgan fingerprint density at radius 3 is 2.88 bits per heavy atom. The molecule has 2 aromatic rings. The number of likely N-dealkylation sites (tertiary alicyclic amines) is 1. The molecule has 1 aliphatic heterocycles. The molecule has 1 saturated heterocycles. The highest BCUT2D eigenvalue weighted by Gasteiger charge is 2.28. The van der Waals surface area contributed by atoms with Crippen molar-refractivity contribution in [2.45, 2.75) is 45.8 Å². The van der Waals surface area contributed by atoms with E-state index in [0.29, 0.717) is 30.5 Å². The van der Waals surface area contributed by atoms with Gasteiger partial charge in [0.05, 0.1) is 17.2 Å². The molecule has 3 rings (SSSR count). The van der Waals surface area contributed by atoms with Crippen LogP contribution in [0.4, 0.5) is 4.79 Å². The van der Waals surface area contributed by atoms with Crippen molar-refractivity contribution >= 4 is 39.6 Å². The Labute approximate surface area is 166 Å². The maximum Gasteiger partial charge on any atom is 0.410 e. The van der Waals surface area contributed by atoms with E-state index in [-0.39, 0.29) is 17.6 Å². The number of ether oxygens (including phenoxy) is 1. The summed E-state index contributed by atoms with van der Waals surface area (Å²) >= 11 is 2.20. The molecule has 1 atom stereocenters. The molecule has 1 aromatic carbocycles. The highest BCUT2D eigenvalue weighted by Crippen LogP contribution is 2.21. The number of carbonyl (C=O) groups is 1. The lowest BCUT2D eigenvalue weighted by Gasteiger charge is -2.34. The maximum absolute atomic E-state index is 12.8. The second kappa shape index (κ2) is 7.54. The average molecular weight is 469 g/mol. The van der Waals surface area contributed by atoms with E-state index in [2.05, 4.69) is 27.6 Å². The van der Waals surface area contributed by atoms with Crippen LogP contribution in [-0.4, -0.2) is 39.2 Å². The molecule has 1 aromatic heterocycles. The van der Waals surface area contributed by atoms with Gasteiger partial charge in [-0.05, 0) is 80.3 Å². The van der Waals surface area contributed by atoms with Crippen LogP contribution in [0.25, 0.3) is 10.9 Å². The molecule has 1 amide bonds. The van der Waals surface area contributed by atoms with E-state index < -0.39 is 5.60 Å². The van der Waals surface area contributed by atoms with Crippen LogP contribution in [0.2, 0.25) is 0 Å². The summed E-state index contributed by atoms with van der Waals surface area (Å²) in [5.74, 6) is 0.219. The molecule has 2 heterocycles. The molecular formula is C19H24IN3O3. The monoisotopic (exact) mass is 469 g/mol. The molecule has 0 unspecified atom stereocenters. The van der Waals surface area contributed by atoms with Crippen LogP contribution in [0.5, 0.6) is 0 Å². The quantitative estimate of drug-likeness (QED) is 0.631. The molecule has 7 heteroatoms. The van der Waals surface area contributed by atoms with Crippen LogP contribution in [0.3, 0.4) is 0 Å². The first-order valence-electron chi connectivity index (χ1n) is 8.85. The summed E-state index contributed by atoms with van der Waals surface area (Å²) in [6.07, 6.45) is 3.23. The van der Waals surface area contributed by atoms with E-state index in [1.807, 2.05) is 39.0 Å². The van der Waals surface area contributed by atoms with Crippen LogP contribution in [0, 0.1) is 9.49 Å². The summed E-state index contributed by atoms with van der Waals surface area (Å²) in [6.45, 7) is 7.47. The molecular weight excluding hydrogens is 445 g/mol. The van der Waals surface area contributed by atoms with E-state index in [9.17, 15) is 9.59 Å². The van der Waals surface area contributed by atoms with Crippen molar-refractivity contribution in [1.29, 1.82) is 0 Å². The third-order valence-electron chi connectivity index (χ3n) is 4.41. The zero-order valence-electron chi connectivity index (χ0n) is 15.4. The number of hydrogen-bond donors (Lipinski definition) is 0. The van der Waals surface area contributed by atoms with Crippen molar-refractivity contribution in [2.75, 3.05) is 13.1 Å². The van der Waals surface area contributed by atoms with E-state index in [1.165, 1.54) is 0 Å². The SMILES string of the molecule is CC(C)(C)OC(=O)N1CCC[C@H](Cn2cnc3ccc(I)cc3c2=O)C1. The minimum atomic E-state index is -0.500. The number of hydrogen-bond acceptors (Lipinski definition) is 4. The van der Waals surface area contributed by atoms with Gasteiger partial charge >= 0.3 is 6.09 Å². The molecule has 1 aliphatic rings. The summed E-state index contributed by atoms with van der Waals surface area (Å²) in [6, 6.07) is 5.68. The predicted molar refractivity (Wildman–Crippen MR) is 109 cm³/mol. The third-order valence-corrected chi connectivity index (χ3v) is 5.08. The first-order valence-corrected chi connectivity index (χ1v) is 9.93. The first kappa shape index (κ1) is 19.1. The van der Waals surface area contributed by atoms with E-state index in [0.717, 1.165) is 16.4 Å². The van der Waals surface area contributed by atoms with Gasteiger partial charge in [-0.2, -0.15) is 0 Å². The molecule has 0 radical (unpaired) electrons. The number of piperidine rings is 1. The summed E-state index contributed by atoms with van der Waals surface area (Å²) < 4.78 is 8.16. The average Bonchev–Trinajstić information content (AvgIpc) is 2.57. The number of amides is 1. The van der Waals surface area contributed by atoms with Crippen molar-refractivity contribution in [3.63, 3.8) is 0 Å². The minimum Gasteiger partial charge on any atom is -0.444 e. The zero-order chi connectivity index (χ0) is 18.9. The minimum absolute atomic E-state index is 0.0251. The Morgan fingerprint density at radius 2 is 2.15 bits per heavy atom. The lowest BCUT2D eigenvalue weighted by Crippen LogP contribution is -2.44. The second-order valence-electron chi connectivity index (χ2n) is 7.80. The molecule has 0 spiro atoms.